The molecule has 0 aliphatic rings. The maximum absolute atomic E-state index is 11.5. The minimum Gasteiger partial charge on any atom is -0.444 e. The molecule has 94 valence electrons. The summed E-state index contributed by atoms with van der Waals surface area (Å²) in [6.45, 7) is 7.54. The van der Waals surface area contributed by atoms with Crippen LogP contribution in [0.2, 0.25) is 0 Å². The highest BCUT2D eigenvalue weighted by atomic mass is 32.2. The van der Waals surface area contributed by atoms with Gasteiger partial charge in [-0.2, -0.15) is 0 Å². The van der Waals surface area contributed by atoms with Gasteiger partial charge in [-0.1, -0.05) is 6.92 Å². The van der Waals surface area contributed by atoms with Crippen LogP contribution in [0.3, 0.4) is 0 Å². The van der Waals surface area contributed by atoms with Gasteiger partial charge in [0.15, 0.2) is 0 Å². The van der Waals surface area contributed by atoms with Gasteiger partial charge in [0.25, 0.3) is 0 Å². The first kappa shape index (κ1) is 13.8. The van der Waals surface area contributed by atoms with Gasteiger partial charge in [0.1, 0.15) is 5.60 Å². The monoisotopic (exact) mass is 254 g/mol. The fourth-order valence-corrected chi connectivity index (χ4v) is 1.70. The lowest BCUT2D eigenvalue weighted by molar-refractivity contribution is 0.0636. The topological polar surface area (TPSA) is 51.2 Å². The van der Waals surface area contributed by atoms with Crippen LogP contribution < -0.4 is 5.32 Å². The molecule has 4 nitrogen and oxygen atoms in total. The van der Waals surface area contributed by atoms with Gasteiger partial charge in [-0.15, -0.1) is 11.8 Å². The van der Waals surface area contributed by atoms with Gasteiger partial charge in [-0.3, -0.25) is 5.32 Å². The van der Waals surface area contributed by atoms with Crippen molar-refractivity contribution >= 4 is 23.5 Å². The maximum atomic E-state index is 11.5. The van der Waals surface area contributed by atoms with Crippen LogP contribution in [0.5, 0.6) is 0 Å². The average molecular weight is 254 g/mol. The molecule has 1 N–H and O–H groups in total. The summed E-state index contributed by atoms with van der Waals surface area (Å²) in [7, 11) is 0. The summed E-state index contributed by atoms with van der Waals surface area (Å²) >= 11 is 1.66. The van der Waals surface area contributed by atoms with Crippen LogP contribution in [0.25, 0.3) is 0 Å². The second-order valence-corrected chi connectivity index (χ2v) is 5.73. The van der Waals surface area contributed by atoms with Crippen molar-refractivity contribution in [1.29, 1.82) is 0 Å². The number of aromatic nitrogens is 1. The zero-order chi connectivity index (χ0) is 12.9. The van der Waals surface area contributed by atoms with E-state index in [0.29, 0.717) is 5.69 Å². The van der Waals surface area contributed by atoms with Crippen LogP contribution >= 0.6 is 11.8 Å². The second kappa shape index (κ2) is 5.91. The molecule has 0 fully saturated rings. The van der Waals surface area contributed by atoms with Crippen molar-refractivity contribution in [1.82, 2.24) is 4.98 Å². The number of carbonyl (C=O) groups is 1. The van der Waals surface area contributed by atoms with E-state index < -0.39 is 11.7 Å². The highest BCUT2D eigenvalue weighted by Crippen LogP contribution is 2.17. The number of pyridine rings is 1. The van der Waals surface area contributed by atoms with Crippen LogP contribution in [-0.2, 0) is 4.74 Å². The van der Waals surface area contributed by atoms with Crippen molar-refractivity contribution in [2.75, 3.05) is 11.1 Å². The van der Waals surface area contributed by atoms with Gasteiger partial charge >= 0.3 is 6.09 Å². The summed E-state index contributed by atoms with van der Waals surface area (Å²) in [5.41, 5.74) is 0.148. The van der Waals surface area contributed by atoms with E-state index in [1.165, 1.54) is 0 Å². The Morgan fingerprint density at radius 2 is 2.18 bits per heavy atom. The van der Waals surface area contributed by atoms with Gasteiger partial charge in [0.05, 0.1) is 16.9 Å². The smallest absolute Gasteiger partial charge is 0.412 e. The summed E-state index contributed by atoms with van der Waals surface area (Å²) in [6.07, 6.45) is 1.16. The molecule has 1 rings (SSSR count). The first-order chi connectivity index (χ1) is 7.90. The molecule has 0 unspecified atom stereocenters. The quantitative estimate of drug-likeness (QED) is 0.838. The van der Waals surface area contributed by atoms with E-state index in [1.54, 1.807) is 18.0 Å². The van der Waals surface area contributed by atoms with Gasteiger partial charge in [0, 0.05) is 0 Å². The van der Waals surface area contributed by atoms with Gasteiger partial charge < -0.3 is 4.74 Å². The molecule has 5 heteroatoms. The normalized spacial score (nSPS) is 11.1. The summed E-state index contributed by atoms with van der Waals surface area (Å²) in [4.78, 5) is 15.7. The first-order valence-corrected chi connectivity index (χ1v) is 6.48. The Kier molecular flexibility index (Phi) is 4.81. The number of carbonyl (C=O) groups excluding carboxylic acids is 1. The molecule has 0 aliphatic carbocycles. The average Bonchev–Trinajstić information content (AvgIpc) is 2.18. The van der Waals surface area contributed by atoms with Crippen molar-refractivity contribution in [3.8, 4) is 0 Å². The summed E-state index contributed by atoms with van der Waals surface area (Å²) in [5, 5.41) is 3.58. The number of hydrogen-bond acceptors (Lipinski definition) is 4. The summed E-state index contributed by atoms with van der Waals surface area (Å²) in [5.74, 6) is 0.978. The minimum atomic E-state index is -0.491. The lowest BCUT2D eigenvalue weighted by atomic mass is 10.2. The molecule has 0 saturated heterocycles. The minimum absolute atomic E-state index is 0.463. The van der Waals surface area contributed by atoms with Gasteiger partial charge in [-0.25, -0.2) is 9.78 Å². The Morgan fingerprint density at radius 1 is 1.47 bits per heavy atom. The Morgan fingerprint density at radius 3 is 2.65 bits per heavy atom. The first-order valence-electron chi connectivity index (χ1n) is 5.49. The molecular weight excluding hydrogens is 236 g/mol. The zero-order valence-electron chi connectivity index (χ0n) is 10.6. The number of amides is 1. The van der Waals surface area contributed by atoms with Crippen molar-refractivity contribution in [2.24, 2.45) is 0 Å². The van der Waals surface area contributed by atoms with Crippen LogP contribution in [-0.4, -0.2) is 22.4 Å². The molecule has 0 spiro atoms. The predicted octanol–water partition coefficient (Wildman–Crippen LogP) is 3.54. The van der Waals surface area contributed by atoms with Gasteiger partial charge in [0.2, 0.25) is 0 Å². The van der Waals surface area contributed by atoms with Crippen molar-refractivity contribution in [2.45, 2.75) is 38.3 Å². The third kappa shape index (κ3) is 5.58. The van der Waals surface area contributed by atoms with E-state index in [9.17, 15) is 4.79 Å². The van der Waals surface area contributed by atoms with Crippen molar-refractivity contribution in [3.63, 3.8) is 0 Å². The fourth-order valence-electron chi connectivity index (χ4n) is 1.11. The number of anilines is 1. The predicted molar refractivity (Wildman–Crippen MR) is 70.5 cm³/mol. The second-order valence-electron chi connectivity index (χ2n) is 4.45. The highest BCUT2D eigenvalue weighted by Gasteiger charge is 2.16. The summed E-state index contributed by atoms with van der Waals surface area (Å²) in [6, 6.07) is 3.69. The molecule has 0 atom stereocenters. The molecule has 1 amide bonds. The van der Waals surface area contributed by atoms with Crippen molar-refractivity contribution in [3.05, 3.63) is 18.3 Å². The van der Waals surface area contributed by atoms with Crippen LogP contribution in [0, 0.1) is 0 Å². The molecule has 1 aromatic rings. The van der Waals surface area contributed by atoms with E-state index >= 15 is 0 Å². The SMILES string of the molecule is CCSc1ccc(NC(=O)OC(C)(C)C)cn1. The molecule has 1 heterocycles. The Hall–Kier alpha value is -1.23. The lowest BCUT2D eigenvalue weighted by Gasteiger charge is -2.19. The Labute approximate surface area is 106 Å². The fraction of sp³-hybridized carbons (Fsp3) is 0.500. The largest absolute Gasteiger partial charge is 0.444 e. The molecule has 0 radical (unpaired) electrons. The van der Waals surface area contributed by atoms with E-state index in [0.717, 1.165) is 10.8 Å². The summed E-state index contributed by atoms with van der Waals surface area (Å²) < 4.78 is 5.14. The molecule has 0 saturated carbocycles. The molecular formula is C12H18N2O2S. The van der Waals surface area contributed by atoms with Crippen LogP contribution in [0.15, 0.2) is 23.4 Å². The van der Waals surface area contributed by atoms with Crippen LogP contribution in [0.1, 0.15) is 27.7 Å². The van der Waals surface area contributed by atoms with E-state index in [4.69, 9.17) is 4.74 Å². The zero-order valence-corrected chi connectivity index (χ0v) is 11.4. The standard InChI is InChI=1S/C12H18N2O2S/c1-5-17-10-7-6-9(8-13-10)14-11(15)16-12(2,3)4/h6-8H,5H2,1-4H3,(H,14,15). The molecule has 1 aromatic heterocycles. The van der Waals surface area contributed by atoms with E-state index in [1.807, 2.05) is 32.9 Å². The Balaban J connectivity index is 2.54. The van der Waals surface area contributed by atoms with E-state index in [-0.39, 0.29) is 0 Å². The molecule has 0 bridgehead atoms. The van der Waals surface area contributed by atoms with Crippen LogP contribution in [0.4, 0.5) is 10.5 Å². The Bertz CT molecular complexity index is 371. The number of thioether (sulfide) groups is 1. The third-order valence-corrected chi connectivity index (χ3v) is 2.50. The number of rotatable bonds is 3. The highest BCUT2D eigenvalue weighted by molar-refractivity contribution is 7.99. The number of ether oxygens (including phenoxy) is 1. The molecule has 0 aliphatic heterocycles. The van der Waals surface area contributed by atoms with E-state index in [2.05, 4.69) is 17.2 Å². The third-order valence-electron chi connectivity index (χ3n) is 1.67. The van der Waals surface area contributed by atoms with Gasteiger partial charge in [-0.05, 0) is 38.7 Å². The number of nitrogens with zero attached hydrogens (tertiary/aromatic N) is 1. The van der Waals surface area contributed by atoms with Crippen molar-refractivity contribution < 1.29 is 9.53 Å². The number of hydrogen-bond donors (Lipinski definition) is 1. The molecule has 0 aromatic carbocycles. The number of nitrogens with one attached hydrogen (secondary N) is 1. The lowest BCUT2D eigenvalue weighted by Crippen LogP contribution is -2.27. The maximum Gasteiger partial charge on any atom is 0.412 e. The molecule has 17 heavy (non-hydrogen) atoms.